The second-order valence-electron chi connectivity index (χ2n) is 3.91. The molecule has 0 amide bonds. The van der Waals surface area contributed by atoms with Crippen molar-refractivity contribution in [3.63, 3.8) is 0 Å². The lowest BCUT2D eigenvalue weighted by atomic mass is 9.98. The van der Waals surface area contributed by atoms with Gasteiger partial charge in [0.2, 0.25) is 5.69 Å². The van der Waals surface area contributed by atoms with E-state index in [9.17, 15) is 0 Å². The van der Waals surface area contributed by atoms with Crippen LogP contribution < -0.4 is 4.57 Å². The number of rotatable bonds is 1. The van der Waals surface area contributed by atoms with Gasteiger partial charge in [0.05, 0.1) is 0 Å². The van der Waals surface area contributed by atoms with Crippen molar-refractivity contribution in [3.8, 4) is 11.3 Å². The molecule has 2 aromatic rings. The summed E-state index contributed by atoms with van der Waals surface area (Å²) in [5.74, 6) is 0. The van der Waals surface area contributed by atoms with Crippen LogP contribution in [-0.2, 0) is 7.05 Å². The summed E-state index contributed by atoms with van der Waals surface area (Å²) in [7, 11) is 1.86. The van der Waals surface area contributed by atoms with Gasteiger partial charge in [-0.15, -0.1) is 0 Å². The molecule has 1 aromatic carbocycles. The van der Waals surface area contributed by atoms with Gasteiger partial charge >= 0.3 is 0 Å². The molecule has 1 heteroatoms. The van der Waals surface area contributed by atoms with Gasteiger partial charge in [0.25, 0.3) is 0 Å². The number of aromatic nitrogens is 1. The van der Waals surface area contributed by atoms with E-state index in [1.807, 2.05) is 36.0 Å². The third-order valence-electron chi connectivity index (χ3n) is 2.70. The quantitative estimate of drug-likeness (QED) is 0.648. The van der Waals surface area contributed by atoms with Gasteiger partial charge in [-0.1, -0.05) is 6.07 Å². The lowest BCUT2D eigenvalue weighted by molar-refractivity contribution is -0.660. The van der Waals surface area contributed by atoms with Crippen molar-refractivity contribution in [2.24, 2.45) is 7.05 Å². The highest BCUT2D eigenvalue weighted by Gasteiger charge is 2.11. The van der Waals surface area contributed by atoms with Gasteiger partial charge in [-0.2, -0.15) is 0 Å². The van der Waals surface area contributed by atoms with Gasteiger partial charge in [-0.05, 0) is 49.5 Å². The van der Waals surface area contributed by atoms with E-state index >= 15 is 0 Å². The van der Waals surface area contributed by atoms with Crippen molar-refractivity contribution < 1.29 is 12.8 Å². The summed E-state index contributed by atoms with van der Waals surface area (Å²) in [6.07, 6.45) is 1.86. The fourth-order valence-corrected chi connectivity index (χ4v) is 1.79. The van der Waals surface area contributed by atoms with E-state index in [4.69, 9.17) is 8.22 Å². The molecule has 1 aromatic heterocycles. The summed E-state index contributed by atoms with van der Waals surface area (Å²) in [6.45, 7) is -3.13. The molecular weight excluding hydrogens is 194 g/mol. The third kappa shape index (κ3) is 1.85. The average Bonchev–Trinajstić information content (AvgIpc) is 2.37. The Bertz CT molecular complexity index is 700. The summed E-state index contributed by atoms with van der Waals surface area (Å²) in [4.78, 5) is 0. The van der Waals surface area contributed by atoms with E-state index in [1.54, 1.807) is 6.92 Å². The number of benzene rings is 1. The van der Waals surface area contributed by atoms with Crippen LogP contribution in [-0.4, -0.2) is 0 Å². The molecule has 0 spiro atoms. The maximum absolute atomic E-state index is 7.65. The summed E-state index contributed by atoms with van der Waals surface area (Å²) in [6, 6.07) is 8.57. The molecule has 2 rings (SSSR count). The van der Waals surface area contributed by atoms with E-state index in [1.165, 1.54) is 12.1 Å². The molecule has 0 aliphatic rings. The third-order valence-corrected chi connectivity index (χ3v) is 2.70. The van der Waals surface area contributed by atoms with E-state index in [2.05, 4.69) is 0 Å². The Labute approximate surface area is 106 Å². The van der Waals surface area contributed by atoms with Crippen LogP contribution >= 0.6 is 0 Å². The number of hydrogen-bond donors (Lipinski definition) is 0. The second-order valence-corrected chi connectivity index (χ2v) is 3.91. The molecule has 0 atom stereocenters. The van der Waals surface area contributed by atoms with Crippen LogP contribution in [0.4, 0.5) is 0 Å². The SMILES string of the molecule is [2H]C([2H])([2H])c1cc(C)c(-c2cccc[n+]2C)cc1C([2H])([2H])[2H]. The molecule has 0 bridgehead atoms. The van der Waals surface area contributed by atoms with Gasteiger partial charge in [-0.25, -0.2) is 4.57 Å². The Balaban J connectivity index is 2.77. The Morgan fingerprint density at radius 3 is 2.50 bits per heavy atom. The highest BCUT2D eigenvalue weighted by Crippen LogP contribution is 2.23. The normalized spacial score (nSPS) is 17.6. The number of nitrogens with zero attached hydrogens (tertiary/aromatic N) is 1. The molecule has 0 saturated heterocycles. The van der Waals surface area contributed by atoms with Gasteiger partial charge < -0.3 is 0 Å². The largest absolute Gasteiger partial charge is 0.212 e. The molecule has 1 nitrogen and oxygen atoms in total. The van der Waals surface area contributed by atoms with Crippen LogP contribution in [0.25, 0.3) is 11.3 Å². The topological polar surface area (TPSA) is 3.88 Å². The Morgan fingerprint density at radius 2 is 1.81 bits per heavy atom. The molecule has 0 radical (unpaired) electrons. The van der Waals surface area contributed by atoms with Crippen molar-refractivity contribution in [2.45, 2.75) is 20.6 Å². The zero-order chi connectivity index (χ0) is 16.7. The highest BCUT2D eigenvalue weighted by molar-refractivity contribution is 5.62. The van der Waals surface area contributed by atoms with Gasteiger partial charge in [-0.3, -0.25) is 0 Å². The van der Waals surface area contributed by atoms with Gasteiger partial charge in [0.15, 0.2) is 6.20 Å². The monoisotopic (exact) mass is 218 g/mol. The molecule has 0 N–H and O–H groups in total. The van der Waals surface area contributed by atoms with Crippen molar-refractivity contribution in [1.29, 1.82) is 0 Å². The van der Waals surface area contributed by atoms with Gasteiger partial charge in [0, 0.05) is 25.9 Å². The molecule has 1 heterocycles. The minimum absolute atomic E-state index is 0.104. The first-order chi connectivity index (χ1) is 10.0. The first-order valence-electron chi connectivity index (χ1n) is 8.12. The molecule has 0 unspecified atom stereocenters. The van der Waals surface area contributed by atoms with Gasteiger partial charge in [0.1, 0.15) is 7.05 Å². The van der Waals surface area contributed by atoms with Crippen LogP contribution in [0.1, 0.15) is 24.9 Å². The van der Waals surface area contributed by atoms with Crippen LogP contribution in [0.2, 0.25) is 0 Å². The maximum Gasteiger partial charge on any atom is 0.212 e. The van der Waals surface area contributed by atoms with E-state index in [0.717, 1.165) is 16.8 Å². The smallest absolute Gasteiger partial charge is 0.201 e. The summed E-state index contributed by atoms with van der Waals surface area (Å²) in [5, 5.41) is 0. The van der Waals surface area contributed by atoms with E-state index in [0.29, 0.717) is 0 Å². The predicted octanol–water partition coefficient (Wildman–Crippen LogP) is 3.10. The lowest BCUT2D eigenvalue weighted by Crippen LogP contribution is -2.30. The van der Waals surface area contributed by atoms with Crippen LogP contribution in [0, 0.1) is 20.6 Å². The highest BCUT2D eigenvalue weighted by atomic mass is 14.9. The fraction of sp³-hybridized carbons (Fsp3) is 0.267. The minimum atomic E-state index is -2.47. The van der Waals surface area contributed by atoms with Crippen LogP contribution in [0.5, 0.6) is 0 Å². The number of pyridine rings is 1. The summed E-state index contributed by atoms with van der Waals surface area (Å²) < 4.78 is 47.6. The number of hydrogen-bond acceptors (Lipinski definition) is 0. The summed E-state index contributed by atoms with van der Waals surface area (Å²) in [5.41, 5.74) is 2.08. The van der Waals surface area contributed by atoms with E-state index in [-0.39, 0.29) is 11.1 Å². The molecule has 0 aliphatic heterocycles. The Morgan fingerprint density at radius 1 is 1.06 bits per heavy atom. The maximum atomic E-state index is 7.65. The molecule has 16 heavy (non-hydrogen) atoms. The number of aryl methyl sites for hydroxylation is 4. The molecular formula is C15H18N+. The summed E-state index contributed by atoms with van der Waals surface area (Å²) >= 11 is 0. The van der Waals surface area contributed by atoms with Crippen LogP contribution in [0.15, 0.2) is 36.5 Å². The Hall–Kier alpha value is -1.63. The lowest BCUT2D eigenvalue weighted by Gasteiger charge is -2.08. The average molecular weight is 218 g/mol. The fourth-order valence-electron chi connectivity index (χ4n) is 1.79. The van der Waals surface area contributed by atoms with Crippen molar-refractivity contribution in [3.05, 3.63) is 53.2 Å². The van der Waals surface area contributed by atoms with Crippen molar-refractivity contribution in [1.82, 2.24) is 0 Å². The van der Waals surface area contributed by atoms with E-state index < -0.39 is 13.7 Å². The van der Waals surface area contributed by atoms with Crippen molar-refractivity contribution >= 4 is 0 Å². The zero-order valence-corrected chi connectivity index (χ0v) is 9.41. The van der Waals surface area contributed by atoms with Crippen molar-refractivity contribution in [2.75, 3.05) is 0 Å². The molecule has 82 valence electrons. The first-order valence-corrected chi connectivity index (χ1v) is 5.12. The zero-order valence-electron chi connectivity index (χ0n) is 15.4. The first kappa shape index (κ1) is 5.62. The molecule has 0 saturated carbocycles. The predicted molar refractivity (Wildman–Crippen MR) is 67.3 cm³/mol. The molecule has 0 aliphatic carbocycles. The van der Waals surface area contributed by atoms with Crippen LogP contribution in [0.3, 0.4) is 0 Å². The molecule has 0 fully saturated rings. The minimum Gasteiger partial charge on any atom is -0.201 e. The second kappa shape index (κ2) is 4.09. The Kier molecular flexibility index (Phi) is 1.44. The standard InChI is InChI=1S/C15H18N/c1-11-9-13(3)14(10-12(11)2)15-7-5-6-8-16(15)4/h5-10H,1-4H3/q+1/i1D3,2D3.